The standard InChI is InChI=1S/C30H26ClF4NOS/c1-18-6-13-23(14-7-18)36(29(37)28-27(31)24-4-2-3-5-26(24)38-28)17-21-16-20(10-15-25(21)32)19-8-11-22(12-9-19)30(33,34)35/h2-5,8-12,15-16,18,23H,6-7,13-14,17H2,1H3/t18-,23-. The van der Waals surface area contributed by atoms with Crippen LogP contribution in [0.5, 0.6) is 0 Å². The summed E-state index contributed by atoms with van der Waals surface area (Å²) in [4.78, 5) is 16.1. The van der Waals surface area contributed by atoms with Crippen molar-refractivity contribution in [2.75, 3.05) is 0 Å². The van der Waals surface area contributed by atoms with Crippen molar-refractivity contribution in [1.82, 2.24) is 4.90 Å². The SMILES string of the molecule is C[C@H]1CC[C@H](N(Cc2cc(-c3ccc(C(F)(F)F)cc3)ccc2F)C(=O)c2sc3ccccc3c2Cl)CC1. The van der Waals surface area contributed by atoms with Gasteiger partial charge in [0.05, 0.1) is 10.6 Å². The highest BCUT2D eigenvalue weighted by molar-refractivity contribution is 7.21. The molecule has 8 heteroatoms. The number of thiophene rings is 1. The second-order valence-electron chi connectivity index (χ2n) is 9.97. The molecule has 0 spiro atoms. The third kappa shape index (κ3) is 5.45. The van der Waals surface area contributed by atoms with E-state index in [1.807, 2.05) is 24.3 Å². The summed E-state index contributed by atoms with van der Waals surface area (Å²) in [6, 6.07) is 16.8. The van der Waals surface area contributed by atoms with E-state index in [2.05, 4.69) is 6.92 Å². The molecule has 0 N–H and O–H groups in total. The Morgan fingerprint density at radius 3 is 2.29 bits per heavy atom. The van der Waals surface area contributed by atoms with Crippen LogP contribution in [0, 0.1) is 11.7 Å². The normalized spacial score (nSPS) is 18.1. The lowest BCUT2D eigenvalue weighted by molar-refractivity contribution is -0.137. The summed E-state index contributed by atoms with van der Waals surface area (Å²) in [5, 5.41) is 1.22. The molecular weight excluding hydrogens is 534 g/mol. The van der Waals surface area contributed by atoms with Crippen LogP contribution in [0.25, 0.3) is 21.2 Å². The van der Waals surface area contributed by atoms with Crippen molar-refractivity contribution in [3.63, 3.8) is 0 Å². The summed E-state index contributed by atoms with van der Waals surface area (Å²) in [6.45, 7) is 2.24. The Bertz CT molecular complexity index is 1460. The highest BCUT2D eigenvalue weighted by Gasteiger charge is 2.32. The molecule has 0 bridgehead atoms. The van der Waals surface area contributed by atoms with Crippen LogP contribution in [0.1, 0.15) is 53.4 Å². The number of hydrogen-bond donors (Lipinski definition) is 0. The fourth-order valence-corrected chi connectivity index (χ4v) is 6.58. The van der Waals surface area contributed by atoms with Gasteiger partial charge in [0.15, 0.2) is 0 Å². The molecule has 1 amide bonds. The van der Waals surface area contributed by atoms with Gasteiger partial charge in [-0.25, -0.2) is 4.39 Å². The summed E-state index contributed by atoms with van der Waals surface area (Å²) in [5.74, 6) is -0.129. The molecule has 1 aliphatic rings. The average molecular weight is 560 g/mol. The number of nitrogens with zero attached hydrogens (tertiary/aromatic N) is 1. The second kappa shape index (κ2) is 10.7. The molecule has 0 aliphatic heterocycles. The van der Waals surface area contributed by atoms with E-state index in [1.165, 1.54) is 29.5 Å². The van der Waals surface area contributed by atoms with Crippen LogP contribution >= 0.6 is 22.9 Å². The van der Waals surface area contributed by atoms with E-state index in [0.717, 1.165) is 47.9 Å². The van der Waals surface area contributed by atoms with Crippen molar-refractivity contribution in [3.05, 3.63) is 93.6 Å². The molecular formula is C30H26ClF4NOS. The van der Waals surface area contributed by atoms with Crippen LogP contribution in [0.3, 0.4) is 0 Å². The molecule has 0 radical (unpaired) electrons. The van der Waals surface area contributed by atoms with E-state index in [-0.39, 0.29) is 18.5 Å². The molecule has 1 aliphatic carbocycles. The van der Waals surface area contributed by atoms with Gasteiger partial charge in [-0.2, -0.15) is 13.2 Å². The van der Waals surface area contributed by atoms with E-state index < -0.39 is 17.6 Å². The molecule has 38 heavy (non-hydrogen) atoms. The van der Waals surface area contributed by atoms with Crippen molar-refractivity contribution in [2.45, 2.75) is 51.4 Å². The monoisotopic (exact) mass is 559 g/mol. The summed E-state index contributed by atoms with van der Waals surface area (Å²) < 4.78 is 55.0. The molecule has 198 valence electrons. The Kier molecular flexibility index (Phi) is 7.51. The predicted molar refractivity (Wildman–Crippen MR) is 145 cm³/mol. The van der Waals surface area contributed by atoms with Gasteiger partial charge in [-0.05, 0) is 73.1 Å². The van der Waals surface area contributed by atoms with Crippen LogP contribution in [-0.4, -0.2) is 16.8 Å². The van der Waals surface area contributed by atoms with E-state index >= 15 is 4.39 Å². The average Bonchev–Trinajstić information content (AvgIpc) is 3.24. The minimum Gasteiger partial charge on any atom is -0.330 e. The van der Waals surface area contributed by atoms with Crippen LogP contribution in [0.15, 0.2) is 66.7 Å². The van der Waals surface area contributed by atoms with Gasteiger partial charge in [-0.15, -0.1) is 11.3 Å². The fraction of sp³-hybridized carbons (Fsp3) is 0.300. The van der Waals surface area contributed by atoms with E-state index in [4.69, 9.17) is 11.6 Å². The Morgan fingerprint density at radius 2 is 1.63 bits per heavy atom. The van der Waals surface area contributed by atoms with Crippen LogP contribution in [0.4, 0.5) is 17.6 Å². The molecule has 0 atom stereocenters. The first-order chi connectivity index (χ1) is 18.1. The van der Waals surface area contributed by atoms with Gasteiger partial charge in [0.25, 0.3) is 5.91 Å². The Balaban J connectivity index is 1.49. The van der Waals surface area contributed by atoms with Crippen LogP contribution < -0.4 is 0 Å². The number of carbonyl (C=O) groups is 1. The molecule has 0 saturated heterocycles. The van der Waals surface area contributed by atoms with Gasteiger partial charge in [0, 0.05) is 28.2 Å². The molecule has 3 aromatic carbocycles. The summed E-state index contributed by atoms with van der Waals surface area (Å²) in [5.41, 5.74) is 0.689. The smallest absolute Gasteiger partial charge is 0.330 e. The molecule has 1 heterocycles. The number of amides is 1. The Labute approximate surface area is 227 Å². The lowest BCUT2D eigenvalue weighted by atomic mass is 9.86. The quantitative estimate of drug-likeness (QED) is 0.223. The second-order valence-corrected chi connectivity index (χ2v) is 11.4. The number of carbonyl (C=O) groups excluding carboxylic acids is 1. The largest absolute Gasteiger partial charge is 0.416 e. The lowest BCUT2D eigenvalue weighted by Crippen LogP contribution is -2.41. The maximum Gasteiger partial charge on any atom is 0.416 e. The summed E-state index contributed by atoms with van der Waals surface area (Å²) in [7, 11) is 0. The lowest BCUT2D eigenvalue weighted by Gasteiger charge is -2.36. The zero-order valence-electron chi connectivity index (χ0n) is 20.7. The third-order valence-electron chi connectivity index (χ3n) is 7.35. The highest BCUT2D eigenvalue weighted by atomic mass is 35.5. The van der Waals surface area contributed by atoms with Crippen molar-refractivity contribution in [1.29, 1.82) is 0 Å². The predicted octanol–water partition coefficient (Wildman–Crippen LogP) is 9.60. The minimum absolute atomic E-state index is 0.0444. The van der Waals surface area contributed by atoms with E-state index in [1.54, 1.807) is 17.0 Å². The molecule has 2 nitrogen and oxygen atoms in total. The summed E-state index contributed by atoms with van der Waals surface area (Å²) in [6.07, 6.45) is -0.852. The first kappa shape index (κ1) is 26.7. The van der Waals surface area contributed by atoms with Crippen molar-refractivity contribution < 1.29 is 22.4 Å². The van der Waals surface area contributed by atoms with Gasteiger partial charge in [-0.3, -0.25) is 4.79 Å². The van der Waals surface area contributed by atoms with Crippen molar-refractivity contribution in [2.24, 2.45) is 5.92 Å². The number of benzene rings is 3. The minimum atomic E-state index is -4.43. The Hall–Kier alpha value is -2.90. The molecule has 1 fully saturated rings. The molecule has 0 unspecified atom stereocenters. The van der Waals surface area contributed by atoms with Gasteiger partial charge < -0.3 is 4.90 Å². The van der Waals surface area contributed by atoms with Crippen molar-refractivity contribution in [3.8, 4) is 11.1 Å². The number of halogens is 5. The molecule has 1 aromatic heterocycles. The number of alkyl halides is 3. The highest BCUT2D eigenvalue weighted by Crippen LogP contribution is 2.38. The number of rotatable bonds is 5. The van der Waals surface area contributed by atoms with Crippen molar-refractivity contribution >= 4 is 38.9 Å². The van der Waals surface area contributed by atoms with E-state index in [0.29, 0.717) is 32.5 Å². The zero-order valence-corrected chi connectivity index (χ0v) is 22.3. The van der Waals surface area contributed by atoms with Gasteiger partial charge in [0.2, 0.25) is 0 Å². The first-order valence-corrected chi connectivity index (χ1v) is 13.8. The topological polar surface area (TPSA) is 20.3 Å². The first-order valence-electron chi connectivity index (χ1n) is 12.6. The maximum atomic E-state index is 15.1. The summed E-state index contributed by atoms with van der Waals surface area (Å²) >= 11 is 7.99. The Morgan fingerprint density at radius 1 is 0.974 bits per heavy atom. The van der Waals surface area contributed by atoms with Gasteiger partial charge >= 0.3 is 6.18 Å². The molecule has 1 saturated carbocycles. The zero-order chi connectivity index (χ0) is 27.0. The van der Waals surface area contributed by atoms with Crippen LogP contribution in [0.2, 0.25) is 5.02 Å². The molecule has 4 aromatic rings. The van der Waals surface area contributed by atoms with E-state index in [9.17, 15) is 18.0 Å². The van der Waals surface area contributed by atoms with Gasteiger partial charge in [0.1, 0.15) is 10.7 Å². The fourth-order valence-electron chi connectivity index (χ4n) is 5.11. The van der Waals surface area contributed by atoms with Gasteiger partial charge in [-0.1, -0.05) is 54.9 Å². The maximum absolute atomic E-state index is 15.1. The number of hydrogen-bond acceptors (Lipinski definition) is 2. The third-order valence-corrected chi connectivity index (χ3v) is 9.01. The van der Waals surface area contributed by atoms with Crippen LogP contribution in [-0.2, 0) is 12.7 Å². The number of fused-ring (bicyclic) bond motifs is 1. The molecule has 5 rings (SSSR count).